The van der Waals surface area contributed by atoms with Gasteiger partial charge in [-0.2, -0.15) is 5.10 Å². The van der Waals surface area contributed by atoms with Crippen LogP contribution in [0.15, 0.2) is 9.37 Å². The Morgan fingerprint density at radius 1 is 1.30 bits per heavy atom. The highest BCUT2D eigenvalue weighted by Gasteiger charge is 2.28. The summed E-state index contributed by atoms with van der Waals surface area (Å²) in [4.78, 5) is -0.0585. The maximum Gasteiger partial charge on any atom is 0.265 e. The van der Waals surface area contributed by atoms with E-state index in [0.29, 0.717) is 17.1 Å². The highest BCUT2D eigenvalue weighted by atomic mass is 79.9. The molecule has 0 aliphatic carbocycles. The molecule has 0 aromatic carbocycles. The average molecular weight is 419 g/mol. The highest BCUT2D eigenvalue weighted by Crippen LogP contribution is 2.43. The summed E-state index contributed by atoms with van der Waals surface area (Å²) in [6.45, 7) is 3.50. The smallest absolute Gasteiger partial charge is 0.265 e. The summed E-state index contributed by atoms with van der Waals surface area (Å²) in [5.74, 6) is 0. The molecule has 0 saturated carbocycles. The van der Waals surface area contributed by atoms with E-state index in [9.17, 15) is 8.42 Å². The maximum absolute atomic E-state index is 12.5. The third-order valence-electron chi connectivity index (χ3n) is 2.74. The summed E-state index contributed by atoms with van der Waals surface area (Å²) in [6.07, 6.45) is 0. The topological polar surface area (TPSA) is 64.0 Å². The predicted octanol–water partition coefficient (Wildman–Crippen LogP) is 3.97. The van der Waals surface area contributed by atoms with E-state index in [0.717, 1.165) is 11.3 Å². The first-order valence-electron chi connectivity index (χ1n) is 5.31. The largest absolute Gasteiger partial charge is 0.276 e. The molecule has 0 fully saturated rings. The van der Waals surface area contributed by atoms with Crippen molar-refractivity contribution in [3.8, 4) is 0 Å². The third-order valence-corrected chi connectivity index (χ3v) is 7.56. The van der Waals surface area contributed by atoms with E-state index in [1.165, 1.54) is 0 Å². The molecule has 0 atom stereocenters. The summed E-state index contributed by atoms with van der Waals surface area (Å²) in [5, 5.41) is 4.16. The number of nitrogens with zero attached hydrogens (tertiary/aromatic N) is 2. The predicted molar refractivity (Wildman–Crippen MR) is 85.5 cm³/mol. The molecule has 0 unspecified atom stereocenters. The molecule has 2 aromatic rings. The Bertz CT molecular complexity index is 783. The van der Waals surface area contributed by atoms with Crippen LogP contribution < -0.4 is 4.72 Å². The molecule has 0 aliphatic rings. The Balaban J connectivity index is 2.52. The van der Waals surface area contributed by atoms with Gasteiger partial charge in [-0.1, -0.05) is 23.2 Å². The number of aryl methyl sites for hydroxylation is 2. The summed E-state index contributed by atoms with van der Waals surface area (Å²) >= 11 is 16.0. The summed E-state index contributed by atoms with van der Waals surface area (Å²) in [7, 11) is -2.10. The second-order valence-electron chi connectivity index (χ2n) is 4.07. The van der Waals surface area contributed by atoms with E-state index >= 15 is 0 Å². The molecule has 2 heterocycles. The third kappa shape index (κ3) is 2.71. The molecule has 20 heavy (non-hydrogen) atoms. The first-order chi connectivity index (χ1) is 9.15. The Morgan fingerprint density at radius 2 is 1.90 bits per heavy atom. The van der Waals surface area contributed by atoms with Gasteiger partial charge in [-0.05, 0) is 29.8 Å². The van der Waals surface area contributed by atoms with Crippen LogP contribution in [0, 0.1) is 13.8 Å². The first-order valence-corrected chi connectivity index (χ1v) is 9.16. The van der Waals surface area contributed by atoms with E-state index in [1.807, 2.05) is 0 Å². The number of hydrogen-bond acceptors (Lipinski definition) is 4. The lowest BCUT2D eigenvalue weighted by Gasteiger charge is -2.08. The molecule has 2 rings (SSSR count). The van der Waals surface area contributed by atoms with Crippen molar-refractivity contribution in [2.45, 2.75) is 18.7 Å². The number of rotatable bonds is 3. The van der Waals surface area contributed by atoms with Crippen LogP contribution in [0.5, 0.6) is 0 Å². The fourth-order valence-corrected chi connectivity index (χ4v) is 6.41. The molecule has 0 spiro atoms. The minimum absolute atomic E-state index is 0.0585. The van der Waals surface area contributed by atoms with E-state index in [-0.39, 0.29) is 18.0 Å². The van der Waals surface area contributed by atoms with Gasteiger partial charge in [-0.3, -0.25) is 9.40 Å². The minimum Gasteiger partial charge on any atom is -0.276 e. The molecule has 1 N–H and O–H groups in total. The van der Waals surface area contributed by atoms with Gasteiger partial charge in [-0.25, -0.2) is 8.42 Å². The van der Waals surface area contributed by atoms with E-state index in [4.69, 9.17) is 23.2 Å². The van der Waals surface area contributed by atoms with Gasteiger partial charge >= 0.3 is 0 Å². The lowest BCUT2D eigenvalue weighted by Crippen LogP contribution is -2.14. The molecule has 110 valence electrons. The number of sulfonamides is 1. The van der Waals surface area contributed by atoms with Gasteiger partial charge in [-0.15, -0.1) is 11.3 Å². The number of hydrogen-bond donors (Lipinski definition) is 1. The van der Waals surface area contributed by atoms with Crippen molar-refractivity contribution in [2.24, 2.45) is 7.05 Å². The molecule has 10 heteroatoms. The Morgan fingerprint density at radius 3 is 2.30 bits per heavy atom. The van der Waals surface area contributed by atoms with Crippen molar-refractivity contribution in [2.75, 3.05) is 4.72 Å². The minimum atomic E-state index is -3.84. The SMILES string of the molecule is Cc1nn(C)c(C)c1NS(=O)(=O)c1c(Cl)sc(Cl)c1Br. The second kappa shape index (κ2) is 5.49. The van der Waals surface area contributed by atoms with Crippen LogP contribution in [0.3, 0.4) is 0 Å². The second-order valence-corrected chi connectivity index (χ2v) is 8.70. The van der Waals surface area contributed by atoms with Crippen LogP contribution in [0.25, 0.3) is 0 Å². The molecule has 0 radical (unpaired) electrons. The number of thiophene rings is 1. The molecule has 0 aliphatic heterocycles. The number of aromatic nitrogens is 2. The molecule has 0 saturated heterocycles. The van der Waals surface area contributed by atoms with Crippen LogP contribution in [0.2, 0.25) is 8.67 Å². The zero-order chi connectivity index (χ0) is 15.2. The van der Waals surface area contributed by atoms with E-state index in [2.05, 4.69) is 25.8 Å². The van der Waals surface area contributed by atoms with Crippen LogP contribution in [-0.4, -0.2) is 18.2 Å². The lowest BCUT2D eigenvalue weighted by molar-refractivity contribution is 0.601. The fourth-order valence-electron chi connectivity index (χ4n) is 1.68. The normalized spacial score (nSPS) is 11.9. The van der Waals surface area contributed by atoms with Gasteiger partial charge in [0.1, 0.15) is 13.6 Å². The van der Waals surface area contributed by atoms with Gasteiger partial charge in [0.2, 0.25) is 0 Å². The van der Waals surface area contributed by atoms with Crippen molar-refractivity contribution >= 4 is 66.2 Å². The fraction of sp³-hybridized carbons (Fsp3) is 0.300. The molecular weight excluding hydrogens is 409 g/mol. The molecule has 5 nitrogen and oxygen atoms in total. The van der Waals surface area contributed by atoms with E-state index in [1.54, 1.807) is 25.6 Å². The van der Waals surface area contributed by atoms with Crippen molar-refractivity contribution in [1.82, 2.24) is 9.78 Å². The van der Waals surface area contributed by atoms with Gasteiger partial charge in [0, 0.05) is 7.05 Å². The Labute approximate surface area is 139 Å². The monoisotopic (exact) mass is 417 g/mol. The van der Waals surface area contributed by atoms with Crippen LogP contribution in [0.1, 0.15) is 11.4 Å². The zero-order valence-electron chi connectivity index (χ0n) is 10.7. The number of anilines is 1. The molecule has 0 amide bonds. The van der Waals surface area contributed by atoms with Crippen LogP contribution in [-0.2, 0) is 17.1 Å². The summed E-state index contributed by atoms with van der Waals surface area (Å²) in [5.41, 5.74) is 1.74. The maximum atomic E-state index is 12.5. The van der Waals surface area contributed by atoms with Gasteiger partial charge < -0.3 is 0 Å². The molecular formula is C10H10BrCl2N3O2S2. The Hall–Kier alpha value is -0.280. The quantitative estimate of drug-likeness (QED) is 0.819. The number of halogens is 3. The average Bonchev–Trinajstić information content (AvgIpc) is 2.70. The van der Waals surface area contributed by atoms with Crippen molar-refractivity contribution in [3.05, 3.63) is 24.5 Å². The first kappa shape index (κ1) is 16.1. The summed E-state index contributed by atoms with van der Waals surface area (Å²) in [6, 6.07) is 0. The molecule has 0 bridgehead atoms. The van der Waals surface area contributed by atoms with E-state index < -0.39 is 10.0 Å². The molecule has 2 aromatic heterocycles. The Kier molecular flexibility index (Phi) is 4.42. The van der Waals surface area contributed by atoms with Crippen LogP contribution >= 0.6 is 50.5 Å². The summed E-state index contributed by atoms with van der Waals surface area (Å²) < 4.78 is 29.7. The van der Waals surface area contributed by atoms with Crippen LogP contribution in [0.4, 0.5) is 5.69 Å². The highest BCUT2D eigenvalue weighted by molar-refractivity contribution is 9.10. The van der Waals surface area contributed by atoms with Gasteiger partial charge in [0.15, 0.2) is 0 Å². The standard InChI is InChI=1S/C10H10BrCl2N3O2S2/c1-4-7(5(2)16(3)14-4)15-20(17,18)8-6(11)9(12)19-10(8)13/h15H,1-3H3. The lowest BCUT2D eigenvalue weighted by atomic mass is 10.3. The van der Waals surface area contributed by atoms with Gasteiger partial charge in [0.05, 0.1) is 21.5 Å². The van der Waals surface area contributed by atoms with Crippen molar-refractivity contribution in [1.29, 1.82) is 0 Å². The number of nitrogens with one attached hydrogen (secondary N) is 1. The van der Waals surface area contributed by atoms with Crippen molar-refractivity contribution < 1.29 is 8.42 Å². The van der Waals surface area contributed by atoms with Gasteiger partial charge in [0.25, 0.3) is 10.0 Å². The van der Waals surface area contributed by atoms with Crippen molar-refractivity contribution in [3.63, 3.8) is 0 Å². The zero-order valence-corrected chi connectivity index (χ0v) is 15.4.